The first-order valence-corrected chi connectivity index (χ1v) is 9.41. The van der Waals surface area contributed by atoms with E-state index in [0.717, 1.165) is 30.5 Å². The predicted molar refractivity (Wildman–Crippen MR) is 122 cm³/mol. The molecule has 5 N–H and O–H groups in total. The molecular formula is C17H16N8O11. The van der Waals surface area contributed by atoms with Crippen LogP contribution in [0.1, 0.15) is 0 Å². The van der Waals surface area contributed by atoms with Gasteiger partial charge in [-0.1, -0.05) is 0 Å². The Labute approximate surface area is 198 Å². The number of anilines is 2. The minimum absolute atomic E-state index is 0.294. The van der Waals surface area contributed by atoms with E-state index in [1.807, 2.05) is 0 Å². The second-order valence-corrected chi connectivity index (χ2v) is 6.64. The SMILES string of the molecule is O=[N+]([O-])c1ccc(N/N=C\C(=N/Nc2ccc([N+](=O)[O-])cc2[N+](=O)[O-])[C@H](O)[C@H](O)CO)c([N+](=O)[O-])c1. The average Bonchev–Trinajstić information content (AvgIpc) is 2.84. The Hall–Kier alpha value is -5.14. The number of hydrogen-bond acceptors (Lipinski definition) is 15. The van der Waals surface area contributed by atoms with E-state index in [0.29, 0.717) is 12.1 Å². The first-order valence-electron chi connectivity index (χ1n) is 9.41. The Kier molecular flexibility index (Phi) is 8.90. The molecular weight excluding hydrogens is 492 g/mol. The van der Waals surface area contributed by atoms with Gasteiger partial charge >= 0.3 is 11.4 Å². The van der Waals surface area contributed by atoms with Crippen LogP contribution in [0.3, 0.4) is 0 Å². The standard InChI is InChI=1S/C17H16N8O11/c26-8-16(27)17(28)13(21-20-12-4-2-10(23(31)32)6-15(12)25(35)36)7-18-19-11-3-1-9(22(29)30)5-14(11)24(33)34/h1-7,16-17,19-20,26-28H,8H2/b18-7-,21-13+/t16-,17+/m1/s1. The third-order valence-corrected chi connectivity index (χ3v) is 4.32. The van der Waals surface area contributed by atoms with Gasteiger partial charge in [0.25, 0.3) is 11.4 Å². The zero-order valence-corrected chi connectivity index (χ0v) is 17.7. The van der Waals surface area contributed by atoms with E-state index in [9.17, 15) is 50.7 Å². The lowest BCUT2D eigenvalue weighted by Crippen LogP contribution is -2.37. The van der Waals surface area contributed by atoms with Crippen molar-refractivity contribution >= 4 is 46.1 Å². The average molecular weight is 508 g/mol. The third-order valence-electron chi connectivity index (χ3n) is 4.32. The molecule has 0 bridgehead atoms. The van der Waals surface area contributed by atoms with Gasteiger partial charge < -0.3 is 15.3 Å². The largest absolute Gasteiger partial charge is 0.394 e. The Morgan fingerprint density at radius 3 is 1.72 bits per heavy atom. The van der Waals surface area contributed by atoms with Crippen LogP contribution in [0.15, 0.2) is 46.6 Å². The van der Waals surface area contributed by atoms with E-state index in [1.54, 1.807) is 0 Å². The summed E-state index contributed by atoms with van der Waals surface area (Å²) in [4.78, 5) is 40.6. The van der Waals surface area contributed by atoms with Gasteiger partial charge in [-0.05, 0) is 12.1 Å². The van der Waals surface area contributed by atoms with Crippen LogP contribution in [0.4, 0.5) is 34.1 Å². The fourth-order valence-electron chi connectivity index (χ4n) is 2.52. The van der Waals surface area contributed by atoms with Crippen molar-refractivity contribution in [1.29, 1.82) is 0 Å². The Morgan fingerprint density at radius 2 is 1.31 bits per heavy atom. The first kappa shape index (κ1) is 27.1. The number of benzene rings is 2. The van der Waals surface area contributed by atoms with Crippen molar-refractivity contribution in [2.24, 2.45) is 10.2 Å². The molecule has 36 heavy (non-hydrogen) atoms. The van der Waals surface area contributed by atoms with E-state index < -0.39 is 67.0 Å². The summed E-state index contributed by atoms with van der Waals surface area (Å²) in [6, 6.07) is 5.17. The summed E-state index contributed by atoms with van der Waals surface area (Å²) in [6.07, 6.45) is -2.98. The summed E-state index contributed by atoms with van der Waals surface area (Å²) in [7, 11) is 0. The fourth-order valence-corrected chi connectivity index (χ4v) is 2.52. The molecule has 190 valence electrons. The molecule has 0 aliphatic carbocycles. The summed E-state index contributed by atoms with van der Waals surface area (Å²) in [6.45, 7) is -0.938. The Balaban J connectivity index is 2.39. The van der Waals surface area contributed by atoms with Gasteiger partial charge in [-0.25, -0.2) is 0 Å². The quantitative estimate of drug-likeness (QED) is 0.151. The molecule has 2 atom stereocenters. The second-order valence-electron chi connectivity index (χ2n) is 6.64. The van der Waals surface area contributed by atoms with Gasteiger partial charge in [0.15, 0.2) is 0 Å². The topological polar surface area (TPSA) is 282 Å². The lowest BCUT2D eigenvalue weighted by molar-refractivity contribution is -0.393. The van der Waals surface area contributed by atoms with Gasteiger partial charge in [0.1, 0.15) is 29.3 Å². The van der Waals surface area contributed by atoms with Crippen molar-refractivity contribution in [3.8, 4) is 0 Å². The number of nitro groups is 4. The van der Waals surface area contributed by atoms with Gasteiger partial charge in [-0.2, -0.15) is 10.2 Å². The van der Waals surface area contributed by atoms with Gasteiger partial charge in [-0.3, -0.25) is 51.3 Å². The summed E-state index contributed by atoms with van der Waals surface area (Å²) >= 11 is 0. The molecule has 19 heteroatoms. The number of hydrazone groups is 2. The van der Waals surface area contributed by atoms with Crippen molar-refractivity contribution in [3.63, 3.8) is 0 Å². The minimum atomic E-state index is -1.92. The number of hydrogen-bond donors (Lipinski definition) is 5. The number of aliphatic hydroxyl groups excluding tert-OH is 3. The zero-order valence-electron chi connectivity index (χ0n) is 17.7. The van der Waals surface area contributed by atoms with E-state index in [4.69, 9.17) is 5.11 Å². The molecule has 2 rings (SSSR count). The fraction of sp³-hybridized carbons (Fsp3) is 0.176. The highest BCUT2D eigenvalue weighted by Gasteiger charge is 2.23. The van der Waals surface area contributed by atoms with Gasteiger partial charge in [0, 0.05) is 12.1 Å². The molecule has 0 fully saturated rings. The maximum Gasteiger partial charge on any atom is 0.301 e. The number of non-ortho nitro benzene ring substituents is 2. The lowest BCUT2D eigenvalue weighted by Gasteiger charge is -2.15. The van der Waals surface area contributed by atoms with Gasteiger partial charge in [0.05, 0.1) is 44.6 Å². The van der Waals surface area contributed by atoms with Crippen molar-refractivity contribution in [2.75, 3.05) is 17.5 Å². The number of nitrogens with one attached hydrogen (secondary N) is 2. The number of aliphatic hydroxyl groups is 3. The van der Waals surface area contributed by atoms with Crippen LogP contribution in [-0.4, -0.2) is 65.8 Å². The number of rotatable bonds is 12. The molecule has 0 radical (unpaired) electrons. The van der Waals surface area contributed by atoms with Crippen LogP contribution < -0.4 is 10.9 Å². The van der Waals surface area contributed by atoms with Crippen LogP contribution in [0.5, 0.6) is 0 Å². The number of nitrogens with zero attached hydrogens (tertiary/aromatic N) is 6. The highest BCUT2D eigenvalue weighted by molar-refractivity contribution is 6.33. The third kappa shape index (κ3) is 6.69. The smallest absolute Gasteiger partial charge is 0.301 e. The minimum Gasteiger partial charge on any atom is -0.394 e. The van der Waals surface area contributed by atoms with Crippen molar-refractivity contribution in [2.45, 2.75) is 12.2 Å². The maximum absolute atomic E-state index is 11.3. The molecule has 0 heterocycles. The van der Waals surface area contributed by atoms with Crippen LogP contribution >= 0.6 is 0 Å². The van der Waals surface area contributed by atoms with Gasteiger partial charge in [-0.15, -0.1) is 0 Å². The van der Waals surface area contributed by atoms with E-state index in [1.165, 1.54) is 0 Å². The summed E-state index contributed by atoms with van der Waals surface area (Å²) in [5.41, 5.74) is 0.612. The lowest BCUT2D eigenvalue weighted by atomic mass is 10.1. The van der Waals surface area contributed by atoms with E-state index >= 15 is 0 Å². The zero-order chi connectivity index (χ0) is 27.0. The van der Waals surface area contributed by atoms with Crippen LogP contribution in [0.2, 0.25) is 0 Å². The monoisotopic (exact) mass is 508 g/mol. The molecule has 0 aromatic heterocycles. The Morgan fingerprint density at radius 1 is 0.833 bits per heavy atom. The van der Waals surface area contributed by atoms with Crippen LogP contribution in [0, 0.1) is 40.5 Å². The van der Waals surface area contributed by atoms with Crippen LogP contribution in [0.25, 0.3) is 0 Å². The van der Waals surface area contributed by atoms with E-state index in [2.05, 4.69) is 21.1 Å². The van der Waals surface area contributed by atoms with Crippen molar-refractivity contribution in [1.82, 2.24) is 0 Å². The highest BCUT2D eigenvalue weighted by atomic mass is 16.6. The first-order chi connectivity index (χ1) is 17.0. The van der Waals surface area contributed by atoms with Gasteiger partial charge in [0.2, 0.25) is 0 Å². The van der Waals surface area contributed by atoms with E-state index in [-0.39, 0.29) is 11.4 Å². The molecule has 0 amide bonds. The number of nitro benzene ring substituents is 4. The summed E-state index contributed by atoms with van der Waals surface area (Å²) in [5.74, 6) is 0. The molecule has 0 aliphatic heterocycles. The predicted octanol–water partition coefficient (Wildman–Crippen LogP) is 0.899. The molecule has 0 aliphatic rings. The molecule has 19 nitrogen and oxygen atoms in total. The molecule has 2 aromatic rings. The van der Waals surface area contributed by atoms with Crippen LogP contribution in [-0.2, 0) is 0 Å². The van der Waals surface area contributed by atoms with Crippen molar-refractivity contribution in [3.05, 3.63) is 76.9 Å². The molecule has 0 unspecified atom stereocenters. The Bertz CT molecular complexity index is 1250. The molecule has 0 saturated carbocycles. The molecule has 0 saturated heterocycles. The summed E-state index contributed by atoms with van der Waals surface area (Å²) < 4.78 is 0. The van der Waals surface area contributed by atoms with Crippen molar-refractivity contribution < 1.29 is 35.0 Å². The normalized spacial score (nSPS) is 13.1. The second kappa shape index (κ2) is 11.8. The molecule has 0 spiro atoms. The highest BCUT2D eigenvalue weighted by Crippen LogP contribution is 2.30. The maximum atomic E-state index is 11.3. The molecule has 2 aromatic carbocycles. The summed E-state index contributed by atoms with van der Waals surface area (Å²) in [5, 5.41) is 80.4.